The van der Waals surface area contributed by atoms with Gasteiger partial charge in [-0.15, -0.1) is 12.4 Å². The molecule has 1 aromatic carbocycles. The summed E-state index contributed by atoms with van der Waals surface area (Å²) in [5, 5.41) is 4.07. The van der Waals surface area contributed by atoms with Crippen LogP contribution in [0.3, 0.4) is 0 Å². The largest absolute Gasteiger partial charge is 0.361 e. The van der Waals surface area contributed by atoms with Gasteiger partial charge in [0.1, 0.15) is 6.04 Å². The second-order valence-corrected chi connectivity index (χ2v) is 9.87. The van der Waals surface area contributed by atoms with E-state index in [2.05, 4.69) is 22.2 Å². The van der Waals surface area contributed by atoms with Crippen molar-refractivity contribution in [1.29, 1.82) is 0 Å². The Bertz CT molecular complexity index is 930. The van der Waals surface area contributed by atoms with Crippen LogP contribution < -0.4 is 5.32 Å². The number of benzene rings is 1. The molecule has 2 aliphatic rings. The molecule has 2 fully saturated rings. The Balaban J connectivity index is 0.00000306. The highest BCUT2D eigenvalue weighted by Gasteiger charge is 2.33. The number of hydrogen-bond donors (Lipinski definition) is 2. The molecule has 0 bridgehead atoms. The number of likely N-dealkylation sites (N-methyl/N-ethyl adjacent to an activating group) is 1. The predicted molar refractivity (Wildman–Crippen MR) is 135 cm³/mol. The molecule has 7 nitrogen and oxygen atoms in total. The highest BCUT2D eigenvalue weighted by Crippen LogP contribution is 2.32. The van der Waals surface area contributed by atoms with Gasteiger partial charge in [-0.1, -0.05) is 6.07 Å². The number of fused-ring (bicyclic) bond motifs is 1. The van der Waals surface area contributed by atoms with Crippen molar-refractivity contribution in [2.45, 2.75) is 31.7 Å². The Morgan fingerprint density at radius 3 is 2.33 bits per heavy atom. The molecule has 2 N–H and O–H groups in total. The number of aromatic amines is 1. The molecule has 3 heterocycles. The summed E-state index contributed by atoms with van der Waals surface area (Å²) < 4.78 is 0. The van der Waals surface area contributed by atoms with Gasteiger partial charge in [0, 0.05) is 36.9 Å². The van der Waals surface area contributed by atoms with E-state index >= 15 is 0 Å². The third-order valence-electron chi connectivity index (χ3n) is 7.25. The molecule has 0 saturated carbocycles. The van der Waals surface area contributed by atoms with Crippen LogP contribution in [-0.4, -0.2) is 91.4 Å². The molecule has 1 atom stereocenters. The van der Waals surface area contributed by atoms with E-state index in [1.165, 1.54) is 25.9 Å². The lowest BCUT2D eigenvalue weighted by molar-refractivity contribution is -0.135. The van der Waals surface area contributed by atoms with Crippen molar-refractivity contribution in [3.63, 3.8) is 0 Å². The molecule has 182 valence electrons. The molecule has 1 aromatic heterocycles. The van der Waals surface area contributed by atoms with E-state index in [1.54, 1.807) is 0 Å². The minimum atomic E-state index is -0.545. The first-order valence-electron chi connectivity index (χ1n) is 11.9. The molecule has 2 aromatic rings. The Morgan fingerprint density at radius 1 is 1.06 bits per heavy atom. The zero-order valence-corrected chi connectivity index (χ0v) is 20.9. The maximum Gasteiger partial charge on any atom is 0.252 e. The van der Waals surface area contributed by atoms with Crippen molar-refractivity contribution in [2.24, 2.45) is 11.8 Å². The number of nitrogens with one attached hydrogen (secondary N) is 2. The van der Waals surface area contributed by atoms with Crippen molar-refractivity contribution in [2.75, 3.05) is 53.9 Å². The maximum absolute atomic E-state index is 13.4. The van der Waals surface area contributed by atoms with Crippen LogP contribution in [0.4, 0.5) is 0 Å². The quantitative estimate of drug-likeness (QED) is 0.674. The number of H-pyrrole nitrogens is 1. The van der Waals surface area contributed by atoms with E-state index in [0.717, 1.165) is 48.7 Å². The van der Waals surface area contributed by atoms with Crippen molar-refractivity contribution in [1.82, 2.24) is 25.0 Å². The number of halogens is 1. The van der Waals surface area contributed by atoms with E-state index in [0.29, 0.717) is 12.1 Å². The lowest BCUT2D eigenvalue weighted by atomic mass is 9.79. The van der Waals surface area contributed by atoms with E-state index < -0.39 is 6.04 Å². The van der Waals surface area contributed by atoms with Crippen LogP contribution in [-0.2, 0) is 4.79 Å². The summed E-state index contributed by atoms with van der Waals surface area (Å²) in [4.78, 5) is 35.8. The molecular formula is C25H38ClN5O2. The summed E-state index contributed by atoms with van der Waals surface area (Å²) in [5.41, 5.74) is 1.49. The molecule has 4 rings (SSSR count). The lowest BCUT2D eigenvalue weighted by Gasteiger charge is -2.40. The number of carbonyl (C=O) groups excluding carboxylic acids is 2. The van der Waals surface area contributed by atoms with Crippen LogP contribution in [0.2, 0.25) is 0 Å². The summed E-state index contributed by atoms with van der Waals surface area (Å²) in [5.74, 6) is 1.35. The van der Waals surface area contributed by atoms with Crippen LogP contribution in [0.1, 0.15) is 36.0 Å². The molecule has 2 aliphatic heterocycles. The highest BCUT2D eigenvalue weighted by atomic mass is 35.5. The van der Waals surface area contributed by atoms with Gasteiger partial charge in [0.25, 0.3) is 5.91 Å². The van der Waals surface area contributed by atoms with E-state index in [-0.39, 0.29) is 24.2 Å². The smallest absolute Gasteiger partial charge is 0.252 e. The van der Waals surface area contributed by atoms with Crippen molar-refractivity contribution >= 4 is 35.1 Å². The van der Waals surface area contributed by atoms with E-state index in [1.807, 2.05) is 54.4 Å². The molecular weight excluding hydrogens is 438 g/mol. The van der Waals surface area contributed by atoms with Gasteiger partial charge in [-0.25, -0.2) is 0 Å². The predicted octanol–water partition coefficient (Wildman–Crippen LogP) is 2.83. The monoisotopic (exact) mass is 475 g/mol. The van der Waals surface area contributed by atoms with Crippen LogP contribution in [0, 0.1) is 11.8 Å². The highest BCUT2D eigenvalue weighted by molar-refractivity contribution is 6.00. The van der Waals surface area contributed by atoms with Gasteiger partial charge in [-0.3, -0.25) is 9.59 Å². The standard InChI is InChI=1S/C25H37N5O2.ClH/c1-28(2)17-23(27-24(31)21-5-4-20-6-11-26-22(20)16-21)25(32)30-14-9-19(10-15-30)18-7-12-29(3)13-8-18;/h4-6,11,16,18-19,23,26H,7-10,12-15,17H2,1-3H3,(H,27,31);1H/t23-;/m1./s1. The number of nitrogens with zero attached hydrogens (tertiary/aromatic N) is 3. The summed E-state index contributed by atoms with van der Waals surface area (Å²) in [6, 6.07) is 7.02. The van der Waals surface area contributed by atoms with Gasteiger partial charge < -0.3 is 25.0 Å². The van der Waals surface area contributed by atoms with E-state index in [9.17, 15) is 9.59 Å². The van der Waals surface area contributed by atoms with Gasteiger partial charge in [0.2, 0.25) is 5.91 Å². The van der Waals surface area contributed by atoms with Gasteiger partial charge >= 0.3 is 0 Å². The summed E-state index contributed by atoms with van der Waals surface area (Å²) in [7, 11) is 6.07. The molecule has 2 saturated heterocycles. The Morgan fingerprint density at radius 2 is 1.70 bits per heavy atom. The summed E-state index contributed by atoms with van der Waals surface area (Å²) >= 11 is 0. The second kappa shape index (κ2) is 11.4. The first-order valence-corrected chi connectivity index (χ1v) is 11.9. The number of aromatic nitrogens is 1. The first kappa shape index (κ1) is 25.5. The maximum atomic E-state index is 13.4. The number of likely N-dealkylation sites (tertiary alicyclic amines) is 2. The Hall–Kier alpha value is -2.09. The number of carbonyl (C=O) groups is 2. The third-order valence-corrected chi connectivity index (χ3v) is 7.25. The fourth-order valence-electron chi connectivity index (χ4n) is 5.29. The first-order chi connectivity index (χ1) is 15.4. The number of piperidine rings is 2. The minimum absolute atomic E-state index is 0. The van der Waals surface area contributed by atoms with Gasteiger partial charge in [0.05, 0.1) is 0 Å². The number of amides is 2. The topological polar surface area (TPSA) is 71.7 Å². The molecule has 8 heteroatoms. The average molecular weight is 476 g/mol. The molecule has 0 aliphatic carbocycles. The van der Waals surface area contributed by atoms with Gasteiger partial charge in [-0.2, -0.15) is 0 Å². The van der Waals surface area contributed by atoms with Crippen LogP contribution >= 0.6 is 12.4 Å². The molecule has 0 unspecified atom stereocenters. The summed E-state index contributed by atoms with van der Waals surface area (Å²) in [6.45, 7) is 4.46. The zero-order valence-electron chi connectivity index (χ0n) is 20.0. The number of hydrogen-bond acceptors (Lipinski definition) is 4. The fourth-order valence-corrected chi connectivity index (χ4v) is 5.29. The SMILES string of the molecule is CN(C)C[C@@H](NC(=O)c1ccc2cc[nH]c2c1)C(=O)N1CCC(C2CCN(C)CC2)CC1.Cl. The van der Waals surface area contributed by atoms with Gasteiger partial charge in [0.15, 0.2) is 0 Å². The van der Waals surface area contributed by atoms with Crippen molar-refractivity contribution in [3.8, 4) is 0 Å². The minimum Gasteiger partial charge on any atom is -0.361 e. The Labute approximate surface area is 203 Å². The summed E-state index contributed by atoms with van der Waals surface area (Å²) in [6.07, 6.45) is 6.57. The lowest BCUT2D eigenvalue weighted by Crippen LogP contribution is -2.54. The van der Waals surface area contributed by atoms with E-state index in [4.69, 9.17) is 0 Å². The number of rotatable bonds is 6. The van der Waals surface area contributed by atoms with Crippen LogP contribution in [0.25, 0.3) is 10.9 Å². The normalized spacial score (nSPS) is 19.5. The average Bonchev–Trinajstić information content (AvgIpc) is 3.26. The second-order valence-electron chi connectivity index (χ2n) is 9.87. The molecule has 0 spiro atoms. The molecule has 33 heavy (non-hydrogen) atoms. The van der Waals surface area contributed by atoms with Crippen molar-refractivity contribution < 1.29 is 9.59 Å². The van der Waals surface area contributed by atoms with Gasteiger partial charge in [-0.05, 0) is 95.3 Å². The van der Waals surface area contributed by atoms with Crippen LogP contribution in [0.5, 0.6) is 0 Å². The Kier molecular flexibility index (Phi) is 8.79. The third kappa shape index (κ3) is 6.28. The molecule has 0 radical (unpaired) electrons. The van der Waals surface area contributed by atoms with Crippen molar-refractivity contribution in [3.05, 3.63) is 36.0 Å². The fraction of sp³-hybridized carbons (Fsp3) is 0.600. The molecule has 2 amide bonds. The zero-order chi connectivity index (χ0) is 22.7. The van der Waals surface area contributed by atoms with Crippen LogP contribution in [0.15, 0.2) is 30.5 Å².